The zero-order valence-electron chi connectivity index (χ0n) is 12.5. The van der Waals surface area contributed by atoms with Gasteiger partial charge in [-0.15, -0.1) is 0 Å². The van der Waals surface area contributed by atoms with Crippen molar-refractivity contribution in [2.24, 2.45) is 0 Å². The highest BCUT2D eigenvalue weighted by atomic mass is 15.0. The van der Waals surface area contributed by atoms with Crippen molar-refractivity contribution in [2.75, 3.05) is 10.6 Å². The van der Waals surface area contributed by atoms with E-state index in [1.807, 2.05) is 6.07 Å². The summed E-state index contributed by atoms with van der Waals surface area (Å²) in [5.41, 5.74) is 3.51. The molecule has 2 aromatic carbocycles. The Morgan fingerprint density at radius 1 is 0.667 bits per heavy atom. The van der Waals surface area contributed by atoms with Gasteiger partial charge in [-0.3, -0.25) is 0 Å². The molecule has 0 saturated heterocycles. The van der Waals surface area contributed by atoms with Crippen LogP contribution in [0.1, 0.15) is 38.5 Å². The van der Waals surface area contributed by atoms with Gasteiger partial charge in [-0.2, -0.15) is 0 Å². The molecule has 0 aromatic heterocycles. The van der Waals surface area contributed by atoms with Gasteiger partial charge in [-0.05, 0) is 37.1 Å². The summed E-state index contributed by atoms with van der Waals surface area (Å²) in [6, 6.07) is 19.5. The molecule has 110 valence electrons. The Kier molecular flexibility index (Phi) is 4.78. The Labute approximate surface area is 127 Å². The number of hydrogen-bond donors (Lipinski definition) is 2. The molecule has 1 saturated carbocycles. The first-order valence-corrected chi connectivity index (χ1v) is 8.09. The first-order chi connectivity index (χ1) is 10.4. The van der Waals surface area contributed by atoms with Crippen molar-refractivity contribution in [3.05, 3.63) is 54.6 Å². The van der Waals surface area contributed by atoms with Crippen molar-refractivity contribution in [2.45, 2.75) is 44.6 Å². The molecule has 0 heterocycles. The molecule has 0 bridgehead atoms. The maximum atomic E-state index is 3.75. The summed E-state index contributed by atoms with van der Waals surface area (Å²) >= 11 is 0. The molecule has 2 aromatic rings. The third kappa shape index (κ3) is 4.01. The third-order valence-electron chi connectivity index (χ3n) is 4.19. The lowest BCUT2D eigenvalue weighted by molar-refractivity contribution is 0.620. The summed E-state index contributed by atoms with van der Waals surface area (Å²) in [6.45, 7) is 0. The molecule has 0 atom stereocenters. The zero-order valence-corrected chi connectivity index (χ0v) is 12.5. The standard InChI is InChI=1S/C19H24N2/c1-2-5-11-16(10-4-1)20-18-14-8-9-15-19(18)21-17-12-6-3-7-13-17/h3,6-9,12-16,20-21H,1-2,4-5,10-11H2. The lowest BCUT2D eigenvalue weighted by Crippen LogP contribution is -2.18. The smallest absolute Gasteiger partial charge is 0.0620 e. The Bertz CT molecular complexity index is 543. The Balaban J connectivity index is 1.72. The van der Waals surface area contributed by atoms with Crippen LogP contribution in [0.15, 0.2) is 54.6 Å². The van der Waals surface area contributed by atoms with Gasteiger partial charge in [-0.25, -0.2) is 0 Å². The first-order valence-electron chi connectivity index (χ1n) is 8.09. The normalized spacial score (nSPS) is 16.2. The largest absolute Gasteiger partial charge is 0.381 e. The average Bonchev–Trinajstić information content (AvgIpc) is 2.79. The molecular weight excluding hydrogens is 256 g/mol. The maximum Gasteiger partial charge on any atom is 0.0620 e. The van der Waals surface area contributed by atoms with Gasteiger partial charge < -0.3 is 10.6 Å². The fourth-order valence-electron chi connectivity index (χ4n) is 3.04. The minimum absolute atomic E-state index is 0.617. The van der Waals surface area contributed by atoms with Gasteiger partial charge in [0.05, 0.1) is 11.4 Å². The van der Waals surface area contributed by atoms with Crippen LogP contribution in [0.4, 0.5) is 17.1 Å². The lowest BCUT2D eigenvalue weighted by atomic mass is 10.1. The highest BCUT2D eigenvalue weighted by molar-refractivity contribution is 5.74. The monoisotopic (exact) mass is 280 g/mol. The van der Waals surface area contributed by atoms with E-state index in [0.29, 0.717) is 6.04 Å². The predicted molar refractivity (Wildman–Crippen MR) is 91.3 cm³/mol. The Morgan fingerprint density at radius 2 is 1.29 bits per heavy atom. The van der Waals surface area contributed by atoms with E-state index in [-0.39, 0.29) is 0 Å². The van der Waals surface area contributed by atoms with Gasteiger partial charge in [0.25, 0.3) is 0 Å². The van der Waals surface area contributed by atoms with Gasteiger partial charge in [0.15, 0.2) is 0 Å². The van der Waals surface area contributed by atoms with E-state index < -0.39 is 0 Å². The van der Waals surface area contributed by atoms with Gasteiger partial charge in [0, 0.05) is 11.7 Å². The van der Waals surface area contributed by atoms with Crippen molar-refractivity contribution in [1.82, 2.24) is 0 Å². The van der Waals surface area contributed by atoms with E-state index in [0.717, 1.165) is 11.4 Å². The fraction of sp³-hybridized carbons (Fsp3) is 0.368. The van der Waals surface area contributed by atoms with Crippen molar-refractivity contribution in [3.63, 3.8) is 0 Å². The highest BCUT2D eigenvalue weighted by Crippen LogP contribution is 2.28. The van der Waals surface area contributed by atoms with Gasteiger partial charge >= 0.3 is 0 Å². The first kappa shape index (κ1) is 14.0. The van der Waals surface area contributed by atoms with E-state index in [4.69, 9.17) is 0 Å². The van der Waals surface area contributed by atoms with Crippen LogP contribution in [-0.2, 0) is 0 Å². The van der Waals surface area contributed by atoms with Crippen LogP contribution in [0.2, 0.25) is 0 Å². The van der Waals surface area contributed by atoms with Gasteiger partial charge in [0.2, 0.25) is 0 Å². The van der Waals surface area contributed by atoms with Crippen molar-refractivity contribution in [1.29, 1.82) is 0 Å². The molecule has 0 amide bonds. The number of para-hydroxylation sites is 3. The van der Waals surface area contributed by atoms with Gasteiger partial charge in [-0.1, -0.05) is 56.0 Å². The minimum atomic E-state index is 0.617. The number of rotatable bonds is 4. The number of anilines is 3. The van der Waals surface area contributed by atoms with Crippen LogP contribution in [0.25, 0.3) is 0 Å². The molecular formula is C19H24N2. The summed E-state index contributed by atoms with van der Waals surface area (Å²) in [5, 5.41) is 7.26. The number of hydrogen-bond acceptors (Lipinski definition) is 2. The second-order valence-corrected chi connectivity index (χ2v) is 5.87. The molecule has 1 aliphatic rings. The van der Waals surface area contributed by atoms with Crippen LogP contribution >= 0.6 is 0 Å². The molecule has 1 fully saturated rings. The third-order valence-corrected chi connectivity index (χ3v) is 4.19. The lowest BCUT2D eigenvalue weighted by Gasteiger charge is -2.20. The Morgan fingerprint density at radius 3 is 2.00 bits per heavy atom. The SMILES string of the molecule is c1ccc(Nc2ccccc2NC2CCCCCC2)cc1. The maximum absolute atomic E-state index is 3.75. The van der Waals surface area contributed by atoms with Crippen LogP contribution in [0.5, 0.6) is 0 Å². The van der Waals surface area contributed by atoms with E-state index in [9.17, 15) is 0 Å². The van der Waals surface area contributed by atoms with E-state index in [2.05, 4.69) is 59.2 Å². The number of benzene rings is 2. The summed E-state index contributed by atoms with van der Waals surface area (Å²) < 4.78 is 0. The molecule has 0 unspecified atom stereocenters. The van der Waals surface area contributed by atoms with Crippen molar-refractivity contribution < 1.29 is 0 Å². The van der Waals surface area contributed by atoms with Crippen LogP contribution in [0.3, 0.4) is 0 Å². The summed E-state index contributed by atoms with van der Waals surface area (Å²) in [4.78, 5) is 0. The van der Waals surface area contributed by atoms with Crippen molar-refractivity contribution >= 4 is 17.1 Å². The quantitative estimate of drug-likeness (QED) is 0.716. The van der Waals surface area contributed by atoms with Crippen LogP contribution in [-0.4, -0.2) is 6.04 Å². The summed E-state index contributed by atoms with van der Waals surface area (Å²) in [7, 11) is 0. The second kappa shape index (κ2) is 7.16. The van der Waals surface area contributed by atoms with Crippen molar-refractivity contribution in [3.8, 4) is 0 Å². The summed E-state index contributed by atoms with van der Waals surface area (Å²) in [5.74, 6) is 0. The second-order valence-electron chi connectivity index (χ2n) is 5.87. The molecule has 3 rings (SSSR count). The van der Waals surface area contributed by atoms with E-state index in [1.165, 1.54) is 44.2 Å². The minimum Gasteiger partial charge on any atom is -0.381 e. The topological polar surface area (TPSA) is 24.1 Å². The molecule has 0 aliphatic heterocycles. The van der Waals surface area contributed by atoms with Crippen LogP contribution in [0, 0.1) is 0 Å². The van der Waals surface area contributed by atoms with E-state index >= 15 is 0 Å². The molecule has 2 heteroatoms. The summed E-state index contributed by atoms with van der Waals surface area (Å²) in [6.07, 6.45) is 8.07. The molecule has 2 nitrogen and oxygen atoms in total. The molecule has 2 N–H and O–H groups in total. The highest BCUT2D eigenvalue weighted by Gasteiger charge is 2.13. The number of nitrogens with one attached hydrogen (secondary N) is 2. The average molecular weight is 280 g/mol. The van der Waals surface area contributed by atoms with Gasteiger partial charge in [0.1, 0.15) is 0 Å². The predicted octanol–water partition coefficient (Wildman–Crippen LogP) is 5.56. The molecule has 0 radical (unpaired) electrons. The Hall–Kier alpha value is -1.96. The molecule has 1 aliphatic carbocycles. The zero-order chi connectivity index (χ0) is 14.3. The molecule has 21 heavy (non-hydrogen) atoms. The van der Waals surface area contributed by atoms with Crippen LogP contribution < -0.4 is 10.6 Å². The molecule has 0 spiro atoms. The fourth-order valence-corrected chi connectivity index (χ4v) is 3.04. The van der Waals surface area contributed by atoms with E-state index in [1.54, 1.807) is 0 Å².